The third-order valence-corrected chi connectivity index (χ3v) is 5.83. The summed E-state index contributed by atoms with van der Waals surface area (Å²) in [6, 6.07) is 14.4. The van der Waals surface area contributed by atoms with E-state index < -0.39 is 17.7 Å². The van der Waals surface area contributed by atoms with E-state index in [-0.39, 0.29) is 11.3 Å². The number of para-hydroxylation sites is 1. The third kappa shape index (κ3) is 3.64. The minimum atomic E-state index is -0.672. The van der Waals surface area contributed by atoms with Gasteiger partial charge in [0.05, 0.1) is 11.6 Å². The van der Waals surface area contributed by atoms with E-state index in [1.165, 1.54) is 0 Å². The number of rotatable bonds is 6. The monoisotopic (exact) mass is 418 g/mol. The highest BCUT2D eigenvalue weighted by molar-refractivity contribution is 6.46. The molecule has 2 aromatic carbocycles. The molecule has 0 saturated carbocycles. The number of H-pyrrole nitrogens is 1. The Balaban J connectivity index is 1.92. The van der Waals surface area contributed by atoms with Crippen LogP contribution in [0.15, 0.2) is 54.1 Å². The molecule has 1 aliphatic rings. The molecule has 160 valence electrons. The first kappa shape index (κ1) is 20.9. The van der Waals surface area contributed by atoms with Crippen molar-refractivity contribution in [3.8, 4) is 0 Å². The van der Waals surface area contributed by atoms with Gasteiger partial charge < -0.3 is 19.7 Å². The summed E-state index contributed by atoms with van der Waals surface area (Å²) < 4.78 is 5.15. The molecule has 1 aromatic heterocycles. The number of aliphatic hydroxyl groups is 1. The Labute approximate surface area is 181 Å². The Morgan fingerprint density at radius 3 is 2.52 bits per heavy atom. The molecule has 1 fully saturated rings. The number of amides is 1. The van der Waals surface area contributed by atoms with Gasteiger partial charge in [0, 0.05) is 48.0 Å². The summed E-state index contributed by atoms with van der Waals surface area (Å²) in [7, 11) is 1.60. The summed E-state index contributed by atoms with van der Waals surface area (Å²) >= 11 is 0. The summed E-state index contributed by atoms with van der Waals surface area (Å²) in [4.78, 5) is 31.1. The quantitative estimate of drug-likeness (QED) is 0.271. The summed E-state index contributed by atoms with van der Waals surface area (Å²) in [5.41, 5.74) is 4.30. The minimum absolute atomic E-state index is 0.124. The van der Waals surface area contributed by atoms with Crippen LogP contribution in [0, 0.1) is 13.8 Å². The number of hydrogen-bond donors (Lipinski definition) is 2. The fourth-order valence-electron chi connectivity index (χ4n) is 4.31. The van der Waals surface area contributed by atoms with Crippen molar-refractivity contribution in [1.29, 1.82) is 0 Å². The molecule has 0 aliphatic carbocycles. The van der Waals surface area contributed by atoms with Gasteiger partial charge in [-0.2, -0.15) is 0 Å². The molecule has 0 bridgehead atoms. The van der Waals surface area contributed by atoms with Gasteiger partial charge in [-0.15, -0.1) is 0 Å². The Morgan fingerprint density at radius 2 is 1.81 bits per heavy atom. The largest absolute Gasteiger partial charge is 0.507 e. The number of aromatic nitrogens is 1. The minimum Gasteiger partial charge on any atom is -0.507 e. The van der Waals surface area contributed by atoms with Crippen molar-refractivity contribution in [2.45, 2.75) is 26.3 Å². The number of carbonyl (C=O) groups is 2. The topological polar surface area (TPSA) is 82.6 Å². The van der Waals surface area contributed by atoms with Gasteiger partial charge in [0.2, 0.25) is 0 Å². The number of nitrogens with one attached hydrogen (secondary N) is 1. The lowest BCUT2D eigenvalue weighted by Gasteiger charge is -2.25. The van der Waals surface area contributed by atoms with Gasteiger partial charge in [-0.05, 0) is 26.3 Å². The number of aliphatic hydroxyl groups excluding tert-OH is 1. The molecule has 2 heterocycles. The molecular formula is C25H26N2O4. The molecule has 1 unspecified atom stereocenters. The number of Topliss-reactive ketones (excluding diaryl/α,β-unsaturated/α-hetero) is 1. The molecule has 0 radical (unpaired) electrons. The fraction of sp³-hybridized carbons (Fsp3) is 0.280. The van der Waals surface area contributed by atoms with Crippen molar-refractivity contribution in [3.05, 3.63) is 76.5 Å². The summed E-state index contributed by atoms with van der Waals surface area (Å²) in [5, 5.41) is 12.1. The van der Waals surface area contributed by atoms with E-state index in [0.29, 0.717) is 25.1 Å². The van der Waals surface area contributed by atoms with E-state index in [2.05, 4.69) is 4.98 Å². The third-order valence-electron chi connectivity index (χ3n) is 5.83. The SMILES string of the molecule is COCCCN1C(=O)C(=O)/C(=C(/O)c2ccc(C)cc2)C1c1c(C)[nH]c2ccccc12. The average molecular weight is 418 g/mol. The Hall–Kier alpha value is -3.38. The first-order valence-corrected chi connectivity index (χ1v) is 10.4. The lowest BCUT2D eigenvalue weighted by molar-refractivity contribution is -0.140. The number of fused-ring (bicyclic) bond motifs is 1. The van der Waals surface area contributed by atoms with Crippen molar-refractivity contribution in [1.82, 2.24) is 9.88 Å². The summed E-state index contributed by atoms with van der Waals surface area (Å²) in [5.74, 6) is -1.41. The lowest BCUT2D eigenvalue weighted by atomic mass is 9.93. The van der Waals surface area contributed by atoms with Crippen molar-refractivity contribution >= 4 is 28.4 Å². The summed E-state index contributed by atoms with van der Waals surface area (Å²) in [6.07, 6.45) is 0.589. The zero-order chi connectivity index (χ0) is 22.1. The van der Waals surface area contributed by atoms with Crippen molar-refractivity contribution in [2.24, 2.45) is 0 Å². The van der Waals surface area contributed by atoms with E-state index in [1.807, 2.05) is 50.2 Å². The maximum Gasteiger partial charge on any atom is 0.295 e. The first-order valence-electron chi connectivity index (χ1n) is 10.4. The van der Waals surface area contributed by atoms with Gasteiger partial charge in [0.25, 0.3) is 11.7 Å². The molecule has 1 aliphatic heterocycles. The van der Waals surface area contributed by atoms with E-state index in [1.54, 1.807) is 24.1 Å². The van der Waals surface area contributed by atoms with Crippen LogP contribution in [0.25, 0.3) is 16.7 Å². The molecule has 31 heavy (non-hydrogen) atoms. The fourth-order valence-corrected chi connectivity index (χ4v) is 4.31. The number of ether oxygens (including phenoxy) is 1. The number of aromatic amines is 1. The Bertz CT molecular complexity index is 1170. The van der Waals surface area contributed by atoms with Gasteiger partial charge >= 0.3 is 0 Å². The van der Waals surface area contributed by atoms with E-state index in [4.69, 9.17) is 4.74 Å². The van der Waals surface area contributed by atoms with Gasteiger partial charge in [0.15, 0.2) is 0 Å². The second kappa shape index (κ2) is 8.40. The number of likely N-dealkylation sites (tertiary alicyclic amines) is 1. The molecular weight excluding hydrogens is 392 g/mol. The van der Waals surface area contributed by atoms with Gasteiger partial charge in [-0.3, -0.25) is 9.59 Å². The molecule has 6 nitrogen and oxygen atoms in total. The number of nitrogens with zero attached hydrogens (tertiary/aromatic N) is 1. The van der Waals surface area contributed by atoms with E-state index in [9.17, 15) is 14.7 Å². The maximum absolute atomic E-state index is 13.1. The molecule has 1 amide bonds. The number of hydrogen-bond acceptors (Lipinski definition) is 4. The Morgan fingerprint density at radius 1 is 1.10 bits per heavy atom. The Kier molecular flexibility index (Phi) is 5.65. The van der Waals surface area contributed by atoms with Gasteiger partial charge in [-0.25, -0.2) is 0 Å². The number of methoxy groups -OCH3 is 1. The van der Waals surface area contributed by atoms with Crippen molar-refractivity contribution in [3.63, 3.8) is 0 Å². The van der Waals surface area contributed by atoms with Gasteiger partial charge in [0.1, 0.15) is 5.76 Å². The highest BCUT2D eigenvalue weighted by Gasteiger charge is 2.47. The maximum atomic E-state index is 13.1. The normalized spacial score (nSPS) is 18.3. The first-order chi connectivity index (χ1) is 14.9. The molecule has 6 heteroatoms. The molecule has 4 rings (SSSR count). The zero-order valence-electron chi connectivity index (χ0n) is 17.9. The molecule has 2 N–H and O–H groups in total. The van der Waals surface area contributed by atoms with Crippen LogP contribution in [-0.2, 0) is 14.3 Å². The van der Waals surface area contributed by atoms with Crippen LogP contribution in [0.2, 0.25) is 0 Å². The lowest BCUT2D eigenvalue weighted by Crippen LogP contribution is -2.31. The smallest absolute Gasteiger partial charge is 0.295 e. The number of carbonyl (C=O) groups excluding carboxylic acids is 2. The summed E-state index contributed by atoms with van der Waals surface area (Å²) in [6.45, 7) is 4.71. The standard InChI is InChI=1S/C25H26N2O4/c1-15-9-11-17(12-10-15)23(28)21-22(27(13-6-14-31-3)25(30)24(21)29)20-16(2)26-19-8-5-4-7-18(19)20/h4-5,7-12,22,26,28H,6,13-14H2,1-3H3/b23-21+. The zero-order valence-corrected chi connectivity index (χ0v) is 17.9. The van der Waals surface area contributed by atoms with Gasteiger partial charge in [-0.1, -0.05) is 48.0 Å². The second-order valence-electron chi connectivity index (χ2n) is 7.91. The molecule has 3 aromatic rings. The number of aryl methyl sites for hydroxylation is 2. The highest BCUT2D eigenvalue weighted by Crippen LogP contribution is 2.43. The van der Waals surface area contributed by atoms with Crippen molar-refractivity contribution < 1.29 is 19.4 Å². The van der Waals surface area contributed by atoms with Crippen LogP contribution < -0.4 is 0 Å². The van der Waals surface area contributed by atoms with Crippen LogP contribution in [0.1, 0.15) is 34.8 Å². The number of ketones is 1. The van der Waals surface area contributed by atoms with E-state index in [0.717, 1.165) is 27.7 Å². The number of benzene rings is 2. The van der Waals surface area contributed by atoms with Crippen LogP contribution in [0.4, 0.5) is 0 Å². The van der Waals surface area contributed by atoms with E-state index >= 15 is 0 Å². The van der Waals surface area contributed by atoms with Crippen LogP contribution in [-0.4, -0.2) is 46.9 Å². The van der Waals surface area contributed by atoms with Crippen LogP contribution >= 0.6 is 0 Å². The molecule has 0 spiro atoms. The second-order valence-corrected chi connectivity index (χ2v) is 7.91. The predicted molar refractivity (Wildman–Crippen MR) is 120 cm³/mol. The van der Waals surface area contributed by atoms with Crippen LogP contribution in [0.3, 0.4) is 0 Å². The van der Waals surface area contributed by atoms with Crippen LogP contribution in [0.5, 0.6) is 0 Å². The van der Waals surface area contributed by atoms with Crippen molar-refractivity contribution in [2.75, 3.05) is 20.3 Å². The predicted octanol–water partition coefficient (Wildman–Crippen LogP) is 4.24. The molecule has 1 saturated heterocycles. The highest BCUT2D eigenvalue weighted by atomic mass is 16.5. The average Bonchev–Trinajstić information content (AvgIpc) is 3.21. The molecule has 1 atom stereocenters.